The Morgan fingerprint density at radius 2 is 1.74 bits per heavy atom. The average Bonchev–Trinajstić information content (AvgIpc) is 3.22. The van der Waals surface area contributed by atoms with E-state index in [0.29, 0.717) is 0 Å². The molecule has 0 aliphatic heterocycles. The summed E-state index contributed by atoms with van der Waals surface area (Å²) < 4.78 is 15.7. The number of hydrogen-bond donors (Lipinski definition) is 0. The van der Waals surface area contributed by atoms with Crippen LogP contribution in [0.5, 0.6) is 0 Å². The molecule has 0 spiro atoms. The summed E-state index contributed by atoms with van der Waals surface area (Å²) in [4.78, 5) is 23.8. The van der Waals surface area contributed by atoms with Gasteiger partial charge in [-0.3, -0.25) is 9.59 Å². The van der Waals surface area contributed by atoms with Crippen LogP contribution in [0.15, 0.2) is 46.2 Å². The minimum absolute atomic E-state index is 0.195. The zero-order valence-electron chi connectivity index (χ0n) is 10.3. The van der Waals surface area contributed by atoms with E-state index in [0.717, 1.165) is 18.4 Å². The van der Waals surface area contributed by atoms with Crippen molar-refractivity contribution in [3.8, 4) is 0 Å². The van der Waals surface area contributed by atoms with E-state index in [-0.39, 0.29) is 18.4 Å². The van der Waals surface area contributed by atoms with Crippen LogP contribution in [0.4, 0.5) is 4.39 Å². The summed E-state index contributed by atoms with van der Waals surface area (Å²) in [5, 5.41) is 0. The molecule has 1 heterocycles. The van der Waals surface area contributed by atoms with Crippen molar-refractivity contribution < 1.29 is 4.39 Å². The summed E-state index contributed by atoms with van der Waals surface area (Å²) in [5.41, 5.74) is -0.224. The maximum absolute atomic E-state index is 12.8. The lowest BCUT2D eigenvalue weighted by Gasteiger charge is -2.08. The van der Waals surface area contributed by atoms with Crippen molar-refractivity contribution >= 4 is 0 Å². The maximum Gasteiger partial charge on any atom is 0.316 e. The summed E-state index contributed by atoms with van der Waals surface area (Å²) in [6, 6.07) is 6.08. The molecule has 0 radical (unpaired) electrons. The molecule has 0 saturated heterocycles. The number of rotatable bonds is 3. The second kappa shape index (κ2) is 4.50. The smallest absolute Gasteiger partial charge is 0.306 e. The number of hydrogen-bond acceptors (Lipinski definition) is 2. The minimum Gasteiger partial charge on any atom is -0.306 e. The Labute approximate surface area is 108 Å². The van der Waals surface area contributed by atoms with Gasteiger partial charge >= 0.3 is 11.1 Å². The summed E-state index contributed by atoms with van der Waals surface area (Å²) >= 11 is 0. The van der Waals surface area contributed by atoms with Gasteiger partial charge in [-0.05, 0) is 30.5 Å². The van der Waals surface area contributed by atoms with Crippen LogP contribution in [-0.2, 0) is 6.54 Å². The first-order valence-corrected chi connectivity index (χ1v) is 6.21. The van der Waals surface area contributed by atoms with Crippen LogP contribution in [0.1, 0.15) is 24.4 Å². The van der Waals surface area contributed by atoms with Gasteiger partial charge in [0.25, 0.3) is 0 Å². The number of benzene rings is 1. The van der Waals surface area contributed by atoms with Crippen LogP contribution in [0.25, 0.3) is 0 Å². The van der Waals surface area contributed by atoms with Crippen molar-refractivity contribution in [2.75, 3.05) is 0 Å². The highest BCUT2D eigenvalue weighted by Gasteiger charge is 2.25. The van der Waals surface area contributed by atoms with Crippen LogP contribution in [0.2, 0.25) is 0 Å². The van der Waals surface area contributed by atoms with Crippen molar-refractivity contribution in [1.82, 2.24) is 9.13 Å². The van der Waals surface area contributed by atoms with Crippen molar-refractivity contribution in [2.45, 2.75) is 25.4 Å². The van der Waals surface area contributed by atoms with Gasteiger partial charge in [0.1, 0.15) is 5.82 Å². The van der Waals surface area contributed by atoms with Gasteiger partial charge in [-0.25, -0.2) is 4.39 Å². The van der Waals surface area contributed by atoms with Gasteiger partial charge in [0.15, 0.2) is 0 Å². The molecule has 1 fully saturated rings. The Bertz CT molecular complexity index is 711. The van der Waals surface area contributed by atoms with E-state index >= 15 is 0 Å². The van der Waals surface area contributed by atoms with Crippen LogP contribution >= 0.6 is 0 Å². The summed E-state index contributed by atoms with van der Waals surface area (Å²) in [6.45, 7) is 0.278. The largest absolute Gasteiger partial charge is 0.316 e. The zero-order valence-corrected chi connectivity index (χ0v) is 10.3. The molecule has 0 N–H and O–H groups in total. The Kier molecular flexibility index (Phi) is 2.81. The molecule has 4 nitrogen and oxygen atoms in total. The van der Waals surface area contributed by atoms with Gasteiger partial charge in [-0.15, -0.1) is 0 Å². The van der Waals surface area contributed by atoms with E-state index in [9.17, 15) is 14.0 Å². The van der Waals surface area contributed by atoms with Crippen LogP contribution in [0.3, 0.4) is 0 Å². The number of halogens is 1. The van der Waals surface area contributed by atoms with E-state index in [1.54, 1.807) is 24.5 Å². The van der Waals surface area contributed by atoms with Gasteiger partial charge in [-0.1, -0.05) is 12.1 Å². The monoisotopic (exact) mass is 260 g/mol. The van der Waals surface area contributed by atoms with Gasteiger partial charge in [0.05, 0.1) is 6.54 Å². The van der Waals surface area contributed by atoms with Gasteiger partial charge in [0.2, 0.25) is 0 Å². The topological polar surface area (TPSA) is 44.0 Å². The third-order valence-corrected chi connectivity index (χ3v) is 3.29. The van der Waals surface area contributed by atoms with Gasteiger partial charge in [-0.2, -0.15) is 0 Å². The first-order valence-electron chi connectivity index (χ1n) is 6.21. The Hall–Kier alpha value is -2.17. The standard InChI is InChI=1S/C14H13FN2O2/c15-11-3-1-10(2-4-11)9-16-7-8-17(12-5-6-12)14(19)13(16)18/h1-4,7-8,12H,5-6,9H2. The van der Waals surface area contributed by atoms with Crippen LogP contribution in [0, 0.1) is 5.82 Å². The van der Waals surface area contributed by atoms with Crippen LogP contribution < -0.4 is 11.1 Å². The molecule has 1 aromatic heterocycles. The van der Waals surface area contributed by atoms with E-state index in [1.165, 1.54) is 21.3 Å². The molecule has 1 saturated carbocycles. The molecule has 5 heteroatoms. The molecule has 19 heavy (non-hydrogen) atoms. The highest BCUT2D eigenvalue weighted by atomic mass is 19.1. The predicted molar refractivity (Wildman–Crippen MR) is 68.7 cm³/mol. The molecule has 3 rings (SSSR count). The lowest BCUT2D eigenvalue weighted by Crippen LogP contribution is -2.40. The van der Waals surface area contributed by atoms with E-state index in [4.69, 9.17) is 0 Å². The lowest BCUT2D eigenvalue weighted by atomic mass is 10.2. The SMILES string of the molecule is O=c1c(=O)n(C2CC2)ccn1Cc1ccc(F)cc1. The van der Waals surface area contributed by atoms with E-state index in [1.807, 2.05) is 0 Å². The normalized spacial score (nSPS) is 14.6. The Morgan fingerprint density at radius 1 is 1.05 bits per heavy atom. The third kappa shape index (κ3) is 2.36. The first-order chi connectivity index (χ1) is 9.15. The zero-order chi connectivity index (χ0) is 13.4. The van der Waals surface area contributed by atoms with Crippen LogP contribution in [-0.4, -0.2) is 9.13 Å². The van der Waals surface area contributed by atoms with Crippen molar-refractivity contribution in [2.24, 2.45) is 0 Å². The summed E-state index contributed by atoms with van der Waals surface area (Å²) in [6.07, 6.45) is 5.19. The highest BCUT2D eigenvalue weighted by Crippen LogP contribution is 2.32. The number of nitrogens with zero attached hydrogens (tertiary/aromatic N) is 2. The molecule has 0 bridgehead atoms. The summed E-state index contributed by atoms with van der Waals surface area (Å²) in [5.74, 6) is -0.319. The molecule has 0 unspecified atom stereocenters. The fourth-order valence-corrected chi connectivity index (χ4v) is 2.07. The van der Waals surface area contributed by atoms with E-state index in [2.05, 4.69) is 0 Å². The quantitative estimate of drug-likeness (QED) is 0.786. The predicted octanol–water partition coefficient (Wildman–Crippen LogP) is 1.53. The molecule has 1 aliphatic carbocycles. The fraction of sp³-hybridized carbons (Fsp3) is 0.286. The highest BCUT2D eigenvalue weighted by molar-refractivity contribution is 5.16. The van der Waals surface area contributed by atoms with Gasteiger partial charge in [0, 0.05) is 18.4 Å². The molecule has 0 atom stereocenters. The maximum atomic E-state index is 12.8. The Morgan fingerprint density at radius 3 is 2.37 bits per heavy atom. The van der Waals surface area contributed by atoms with Crippen molar-refractivity contribution in [3.63, 3.8) is 0 Å². The lowest BCUT2D eigenvalue weighted by molar-refractivity contribution is 0.623. The molecule has 2 aromatic rings. The minimum atomic E-state index is -0.529. The third-order valence-electron chi connectivity index (χ3n) is 3.29. The van der Waals surface area contributed by atoms with E-state index < -0.39 is 11.1 Å². The second-order valence-electron chi connectivity index (χ2n) is 4.80. The first kappa shape index (κ1) is 11.9. The van der Waals surface area contributed by atoms with Crippen molar-refractivity contribution in [1.29, 1.82) is 0 Å². The fourth-order valence-electron chi connectivity index (χ4n) is 2.07. The average molecular weight is 260 g/mol. The molecule has 1 aromatic carbocycles. The number of aromatic nitrogens is 2. The van der Waals surface area contributed by atoms with Gasteiger partial charge < -0.3 is 9.13 Å². The molecule has 0 amide bonds. The molecular weight excluding hydrogens is 247 g/mol. The van der Waals surface area contributed by atoms with Crippen molar-refractivity contribution in [3.05, 3.63) is 68.7 Å². The molecule has 1 aliphatic rings. The summed E-state index contributed by atoms with van der Waals surface area (Å²) in [7, 11) is 0. The molecule has 98 valence electrons. The Balaban J connectivity index is 1.93. The second-order valence-corrected chi connectivity index (χ2v) is 4.80. The molecular formula is C14H13FN2O2.